The van der Waals surface area contributed by atoms with Crippen molar-refractivity contribution in [1.29, 1.82) is 0 Å². The molecular weight excluding hydrogens is 192 g/mol. The van der Waals surface area contributed by atoms with Crippen molar-refractivity contribution in [3.63, 3.8) is 0 Å². The predicted molar refractivity (Wildman–Crippen MR) is 59.2 cm³/mol. The van der Waals surface area contributed by atoms with E-state index in [0.717, 1.165) is 17.9 Å². The molecule has 0 saturated heterocycles. The molecule has 0 saturated carbocycles. The van der Waals surface area contributed by atoms with Crippen molar-refractivity contribution in [3.8, 4) is 0 Å². The highest BCUT2D eigenvalue weighted by Crippen LogP contribution is 2.17. The number of hydrogen-bond donors (Lipinski definition) is 2. The zero-order chi connectivity index (χ0) is 11.3. The SMILES string of the molecule is CCc1ccc(C(COC(C)C)NN)o1. The molecule has 4 heteroatoms. The van der Waals surface area contributed by atoms with Gasteiger partial charge in [-0.25, -0.2) is 5.43 Å². The second-order valence-electron chi connectivity index (χ2n) is 3.76. The summed E-state index contributed by atoms with van der Waals surface area (Å²) in [6.45, 7) is 6.56. The lowest BCUT2D eigenvalue weighted by Gasteiger charge is -2.15. The summed E-state index contributed by atoms with van der Waals surface area (Å²) in [5, 5.41) is 0. The first kappa shape index (κ1) is 12.2. The third-order valence-electron chi connectivity index (χ3n) is 2.17. The van der Waals surface area contributed by atoms with Gasteiger partial charge < -0.3 is 9.15 Å². The molecule has 1 aromatic rings. The Morgan fingerprint density at radius 3 is 2.67 bits per heavy atom. The van der Waals surface area contributed by atoms with Crippen LogP contribution in [0.4, 0.5) is 0 Å². The van der Waals surface area contributed by atoms with Crippen molar-refractivity contribution in [1.82, 2.24) is 5.43 Å². The van der Waals surface area contributed by atoms with Crippen LogP contribution in [-0.4, -0.2) is 12.7 Å². The standard InChI is InChI=1S/C11H20N2O2/c1-4-9-5-6-11(15-9)10(13-12)7-14-8(2)3/h5-6,8,10,13H,4,7,12H2,1-3H3. The first-order valence-corrected chi connectivity index (χ1v) is 5.33. The second-order valence-corrected chi connectivity index (χ2v) is 3.76. The maximum absolute atomic E-state index is 5.60. The highest BCUT2D eigenvalue weighted by atomic mass is 16.5. The minimum atomic E-state index is -0.0762. The second kappa shape index (κ2) is 5.90. The Morgan fingerprint density at radius 2 is 2.20 bits per heavy atom. The average Bonchev–Trinajstić information content (AvgIpc) is 2.67. The van der Waals surface area contributed by atoms with Crippen LogP contribution in [-0.2, 0) is 11.2 Å². The number of hydrogen-bond acceptors (Lipinski definition) is 4. The third kappa shape index (κ3) is 3.66. The summed E-state index contributed by atoms with van der Waals surface area (Å²) in [5.41, 5.74) is 2.69. The van der Waals surface area contributed by atoms with Crippen LogP contribution in [0, 0.1) is 0 Å². The molecule has 1 aromatic heterocycles. The van der Waals surface area contributed by atoms with E-state index in [1.54, 1.807) is 0 Å². The van der Waals surface area contributed by atoms with E-state index in [1.807, 2.05) is 26.0 Å². The molecule has 0 aliphatic rings. The van der Waals surface area contributed by atoms with E-state index in [4.69, 9.17) is 15.0 Å². The Hall–Kier alpha value is -0.840. The Bertz CT molecular complexity index is 284. The first-order chi connectivity index (χ1) is 7.17. The van der Waals surface area contributed by atoms with Crippen molar-refractivity contribution in [2.75, 3.05) is 6.61 Å². The fourth-order valence-electron chi connectivity index (χ4n) is 1.27. The number of hydrazine groups is 1. The number of nitrogens with two attached hydrogens (primary N) is 1. The highest BCUT2D eigenvalue weighted by Gasteiger charge is 2.14. The Balaban J connectivity index is 2.57. The fraction of sp³-hybridized carbons (Fsp3) is 0.636. The molecule has 0 fully saturated rings. The number of ether oxygens (including phenoxy) is 1. The topological polar surface area (TPSA) is 60.4 Å². The summed E-state index contributed by atoms with van der Waals surface area (Å²) in [7, 11) is 0. The van der Waals surface area contributed by atoms with Gasteiger partial charge in [-0.1, -0.05) is 6.92 Å². The molecule has 15 heavy (non-hydrogen) atoms. The van der Waals surface area contributed by atoms with Gasteiger partial charge in [0.2, 0.25) is 0 Å². The lowest BCUT2D eigenvalue weighted by Crippen LogP contribution is -2.31. The number of rotatable bonds is 6. The van der Waals surface area contributed by atoms with Gasteiger partial charge in [-0.2, -0.15) is 0 Å². The van der Waals surface area contributed by atoms with Gasteiger partial charge in [0.1, 0.15) is 17.6 Å². The third-order valence-corrected chi connectivity index (χ3v) is 2.17. The quantitative estimate of drug-likeness (QED) is 0.557. The Labute approximate surface area is 90.8 Å². The maximum atomic E-state index is 5.60. The minimum absolute atomic E-state index is 0.0762. The summed E-state index contributed by atoms with van der Waals surface area (Å²) in [6.07, 6.45) is 1.09. The van der Waals surface area contributed by atoms with Gasteiger partial charge in [0, 0.05) is 6.42 Å². The van der Waals surface area contributed by atoms with Crippen LogP contribution in [0.15, 0.2) is 16.5 Å². The highest BCUT2D eigenvalue weighted by molar-refractivity contribution is 5.10. The van der Waals surface area contributed by atoms with Crippen molar-refractivity contribution >= 4 is 0 Å². The number of aryl methyl sites for hydroxylation is 1. The van der Waals surface area contributed by atoms with Gasteiger partial charge in [-0.15, -0.1) is 0 Å². The monoisotopic (exact) mass is 212 g/mol. The van der Waals surface area contributed by atoms with E-state index in [1.165, 1.54) is 0 Å². The van der Waals surface area contributed by atoms with Gasteiger partial charge in [0.25, 0.3) is 0 Å². The molecule has 4 nitrogen and oxygen atoms in total. The molecular formula is C11H20N2O2. The smallest absolute Gasteiger partial charge is 0.124 e. The number of nitrogens with one attached hydrogen (secondary N) is 1. The molecule has 1 unspecified atom stereocenters. The van der Waals surface area contributed by atoms with Crippen LogP contribution < -0.4 is 11.3 Å². The van der Waals surface area contributed by atoms with E-state index < -0.39 is 0 Å². The normalized spacial score (nSPS) is 13.4. The van der Waals surface area contributed by atoms with Crippen LogP contribution in [0.2, 0.25) is 0 Å². The van der Waals surface area contributed by atoms with Gasteiger partial charge in [-0.3, -0.25) is 5.84 Å². The van der Waals surface area contributed by atoms with Crippen molar-refractivity contribution < 1.29 is 9.15 Å². The molecule has 0 aliphatic heterocycles. The fourth-order valence-corrected chi connectivity index (χ4v) is 1.27. The lowest BCUT2D eigenvalue weighted by molar-refractivity contribution is 0.0566. The minimum Gasteiger partial charge on any atom is -0.464 e. The van der Waals surface area contributed by atoms with Crippen LogP contribution in [0.5, 0.6) is 0 Å². The zero-order valence-electron chi connectivity index (χ0n) is 9.62. The van der Waals surface area contributed by atoms with E-state index in [-0.39, 0.29) is 12.1 Å². The largest absolute Gasteiger partial charge is 0.464 e. The summed E-state index contributed by atoms with van der Waals surface area (Å²) >= 11 is 0. The van der Waals surface area contributed by atoms with Crippen molar-refractivity contribution in [2.45, 2.75) is 39.3 Å². The lowest BCUT2D eigenvalue weighted by atomic mass is 10.2. The molecule has 0 spiro atoms. The molecule has 0 aliphatic carbocycles. The van der Waals surface area contributed by atoms with E-state index in [0.29, 0.717) is 6.61 Å². The zero-order valence-corrected chi connectivity index (χ0v) is 9.62. The van der Waals surface area contributed by atoms with Crippen LogP contribution in [0.1, 0.15) is 38.3 Å². The van der Waals surface area contributed by atoms with Gasteiger partial charge in [0.15, 0.2) is 0 Å². The van der Waals surface area contributed by atoms with Crippen molar-refractivity contribution in [2.24, 2.45) is 5.84 Å². The van der Waals surface area contributed by atoms with Gasteiger partial charge in [-0.05, 0) is 26.0 Å². The number of furan rings is 1. The molecule has 3 N–H and O–H groups in total. The molecule has 1 heterocycles. The van der Waals surface area contributed by atoms with E-state index >= 15 is 0 Å². The maximum Gasteiger partial charge on any atom is 0.124 e. The van der Waals surface area contributed by atoms with Crippen LogP contribution in [0.3, 0.4) is 0 Å². The molecule has 1 atom stereocenters. The van der Waals surface area contributed by atoms with E-state index in [2.05, 4.69) is 12.3 Å². The summed E-state index contributed by atoms with van der Waals surface area (Å²) < 4.78 is 11.1. The Morgan fingerprint density at radius 1 is 1.47 bits per heavy atom. The molecule has 0 radical (unpaired) electrons. The van der Waals surface area contributed by atoms with Crippen LogP contribution >= 0.6 is 0 Å². The predicted octanol–water partition coefficient (Wildman–Crippen LogP) is 1.77. The van der Waals surface area contributed by atoms with Crippen molar-refractivity contribution in [3.05, 3.63) is 23.7 Å². The van der Waals surface area contributed by atoms with Gasteiger partial charge >= 0.3 is 0 Å². The first-order valence-electron chi connectivity index (χ1n) is 5.33. The summed E-state index contributed by atoms with van der Waals surface area (Å²) in [5.74, 6) is 7.25. The van der Waals surface area contributed by atoms with Gasteiger partial charge in [0.05, 0.1) is 12.7 Å². The molecule has 0 bridgehead atoms. The van der Waals surface area contributed by atoms with Crippen LogP contribution in [0.25, 0.3) is 0 Å². The summed E-state index contributed by atoms with van der Waals surface area (Å²) in [4.78, 5) is 0. The molecule has 1 rings (SSSR count). The molecule has 0 aromatic carbocycles. The van der Waals surface area contributed by atoms with E-state index in [9.17, 15) is 0 Å². The average molecular weight is 212 g/mol. The molecule has 0 amide bonds. The Kier molecular flexibility index (Phi) is 4.81. The molecule has 86 valence electrons. The summed E-state index contributed by atoms with van der Waals surface area (Å²) in [6, 6.07) is 3.83.